The monoisotopic (exact) mass is 340 g/mol. The highest BCUT2D eigenvalue weighted by atomic mass is 79.9. The van der Waals surface area contributed by atoms with Gasteiger partial charge in [-0.3, -0.25) is 0 Å². The molecule has 1 aliphatic heterocycles. The van der Waals surface area contributed by atoms with Crippen LogP contribution in [-0.4, -0.2) is 5.97 Å². The van der Waals surface area contributed by atoms with Crippen molar-refractivity contribution in [3.8, 4) is 0 Å². The maximum absolute atomic E-state index is 11.7. The largest absolute Gasteiger partial charge is 0.451 e. The number of fused-ring (bicyclic) bond motifs is 1. The number of hydrogen-bond acceptors (Lipinski definition) is 2. The van der Waals surface area contributed by atoms with Crippen molar-refractivity contribution in [2.75, 3.05) is 0 Å². The first-order chi connectivity index (χ1) is 9.40. The maximum Gasteiger partial charge on any atom is 0.339 e. The molecule has 0 atom stereocenters. The van der Waals surface area contributed by atoms with Crippen molar-refractivity contribution in [1.29, 1.82) is 0 Å². The van der Waals surface area contributed by atoms with Gasteiger partial charge in [0.15, 0.2) is 0 Å². The molecule has 0 saturated carbocycles. The molecular weight excluding hydrogens is 316 g/mol. The van der Waals surface area contributed by atoms with Crippen LogP contribution in [0.3, 0.4) is 0 Å². The third-order valence-corrected chi connectivity index (χ3v) is 4.43. The van der Waals surface area contributed by atoms with Crippen molar-refractivity contribution in [2.24, 2.45) is 5.92 Å². The molecule has 1 aromatic carbocycles. The van der Waals surface area contributed by atoms with Gasteiger partial charge in [-0.15, -0.1) is 0 Å². The van der Waals surface area contributed by atoms with Gasteiger partial charge in [-0.1, -0.05) is 57.0 Å². The summed E-state index contributed by atoms with van der Waals surface area (Å²) in [4.78, 5) is 11.7. The average molecular weight is 341 g/mol. The number of carbonyl (C=O) groups is 1. The zero-order valence-electron chi connectivity index (χ0n) is 13.1. The van der Waals surface area contributed by atoms with Crippen molar-refractivity contribution >= 4 is 21.9 Å². The van der Waals surface area contributed by atoms with E-state index in [1.54, 1.807) is 0 Å². The summed E-state index contributed by atoms with van der Waals surface area (Å²) in [6.45, 7) is 10.7. The molecule has 1 heterocycles. The molecule has 0 aliphatic carbocycles. The number of carbonyl (C=O) groups excluding carboxylic acids is 1. The smallest absolute Gasteiger partial charge is 0.339 e. The lowest BCUT2D eigenvalue weighted by Gasteiger charge is -2.25. The average Bonchev–Trinajstić information content (AvgIpc) is 2.72. The fourth-order valence-corrected chi connectivity index (χ4v) is 2.50. The minimum absolute atomic E-state index is 0.193. The highest BCUT2D eigenvalue weighted by molar-refractivity contribution is 9.10. The number of halogens is 1. The Hall–Kier alpha value is -0.830. The Morgan fingerprint density at radius 3 is 2.20 bits per heavy atom. The minimum atomic E-state index is -0.407. The van der Waals surface area contributed by atoms with E-state index in [4.69, 9.17) is 4.74 Å². The van der Waals surface area contributed by atoms with Crippen molar-refractivity contribution in [2.45, 2.75) is 59.5 Å². The van der Waals surface area contributed by atoms with Gasteiger partial charge in [0.25, 0.3) is 0 Å². The molecule has 1 aromatic rings. The Kier molecular flexibility index (Phi) is 6.25. The molecule has 2 nitrogen and oxygen atoms in total. The zero-order chi connectivity index (χ0) is 15.3. The second kappa shape index (κ2) is 7.26. The van der Waals surface area contributed by atoms with Crippen molar-refractivity contribution in [3.63, 3.8) is 0 Å². The van der Waals surface area contributed by atoms with E-state index in [0.29, 0.717) is 5.56 Å². The predicted octanol–water partition coefficient (Wildman–Crippen LogP) is 5.69. The van der Waals surface area contributed by atoms with Crippen molar-refractivity contribution in [3.05, 3.63) is 33.8 Å². The van der Waals surface area contributed by atoms with E-state index in [1.807, 2.05) is 32.0 Å². The van der Waals surface area contributed by atoms with Crippen LogP contribution in [0, 0.1) is 5.92 Å². The van der Waals surface area contributed by atoms with Crippen LogP contribution in [0.25, 0.3) is 0 Å². The predicted molar refractivity (Wildman–Crippen MR) is 86.9 cm³/mol. The summed E-state index contributed by atoms with van der Waals surface area (Å²) < 4.78 is 6.50. The Bertz CT molecular complexity index is 462. The van der Waals surface area contributed by atoms with Crippen LogP contribution in [-0.2, 0) is 10.3 Å². The van der Waals surface area contributed by atoms with Crippen LogP contribution in [0.1, 0.15) is 69.8 Å². The lowest BCUT2D eigenvalue weighted by molar-refractivity contribution is -0.0126. The van der Waals surface area contributed by atoms with E-state index in [1.165, 1.54) is 6.42 Å². The highest BCUT2D eigenvalue weighted by Crippen LogP contribution is 2.42. The summed E-state index contributed by atoms with van der Waals surface area (Å²) in [6.07, 6.45) is 2.94. The molecule has 0 radical (unpaired) electrons. The molecule has 112 valence electrons. The topological polar surface area (TPSA) is 26.3 Å². The Labute approximate surface area is 131 Å². The molecule has 3 heteroatoms. The van der Waals surface area contributed by atoms with Gasteiger partial charge in [0.2, 0.25) is 0 Å². The quantitative estimate of drug-likeness (QED) is 0.661. The fourth-order valence-electron chi connectivity index (χ4n) is 2.13. The Morgan fingerprint density at radius 1 is 1.20 bits per heavy atom. The first kappa shape index (κ1) is 17.2. The van der Waals surface area contributed by atoms with Crippen LogP contribution in [0.15, 0.2) is 22.7 Å². The first-order valence-corrected chi connectivity index (χ1v) is 8.22. The minimum Gasteiger partial charge on any atom is -0.451 e. The molecule has 20 heavy (non-hydrogen) atoms. The number of rotatable bonds is 3. The SMILES string of the molecule is CCC(C)C.CCC1(CC)OC(=O)c2ccc(Br)cc21. The molecule has 0 unspecified atom stereocenters. The first-order valence-electron chi connectivity index (χ1n) is 7.43. The standard InChI is InChI=1S/C12H13BrO2.C5H12/c1-3-12(4-2)10-7-8(13)5-6-9(10)11(14)15-12;1-4-5(2)3/h5-7H,3-4H2,1-2H3;5H,4H2,1-3H3. The molecule has 0 bridgehead atoms. The summed E-state index contributed by atoms with van der Waals surface area (Å²) in [5.41, 5.74) is 1.32. The van der Waals surface area contributed by atoms with Crippen molar-refractivity contribution < 1.29 is 9.53 Å². The van der Waals surface area contributed by atoms with Crippen LogP contribution < -0.4 is 0 Å². The summed E-state index contributed by atoms with van der Waals surface area (Å²) >= 11 is 3.43. The number of ether oxygens (including phenoxy) is 1. The van der Waals surface area contributed by atoms with Crippen LogP contribution in [0.5, 0.6) is 0 Å². The third kappa shape index (κ3) is 3.63. The third-order valence-electron chi connectivity index (χ3n) is 3.94. The van der Waals surface area contributed by atoms with Gasteiger partial charge in [0, 0.05) is 10.0 Å². The van der Waals surface area contributed by atoms with Crippen molar-refractivity contribution in [1.82, 2.24) is 0 Å². The molecule has 2 rings (SSSR count). The maximum atomic E-state index is 11.7. The van der Waals surface area contributed by atoms with E-state index in [-0.39, 0.29) is 5.97 Å². The van der Waals surface area contributed by atoms with Gasteiger partial charge in [-0.05, 0) is 37.0 Å². The van der Waals surface area contributed by atoms with E-state index in [2.05, 4.69) is 36.7 Å². The molecule has 0 spiro atoms. The lowest BCUT2D eigenvalue weighted by atomic mass is 9.88. The second-order valence-corrected chi connectivity index (χ2v) is 6.50. The molecular formula is C17H25BrO2. The second-order valence-electron chi connectivity index (χ2n) is 5.58. The van der Waals surface area contributed by atoms with Gasteiger partial charge >= 0.3 is 5.97 Å². The normalized spacial score (nSPS) is 15.4. The number of esters is 1. The van der Waals surface area contributed by atoms with Crippen LogP contribution in [0.4, 0.5) is 0 Å². The lowest BCUT2D eigenvalue weighted by Crippen LogP contribution is -2.23. The number of benzene rings is 1. The molecule has 0 fully saturated rings. The molecule has 0 amide bonds. The van der Waals surface area contributed by atoms with Gasteiger partial charge < -0.3 is 4.74 Å². The van der Waals surface area contributed by atoms with Gasteiger partial charge in [-0.25, -0.2) is 4.79 Å². The van der Waals surface area contributed by atoms with E-state index in [0.717, 1.165) is 28.8 Å². The van der Waals surface area contributed by atoms with Crippen LogP contribution >= 0.6 is 15.9 Å². The summed E-state index contributed by atoms with van der Waals surface area (Å²) in [5.74, 6) is 0.691. The highest BCUT2D eigenvalue weighted by Gasteiger charge is 2.42. The van der Waals surface area contributed by atoms with Gasteiger partial charge in [0.1, 0.15) is 5.60 Å². The van der Waals surface area contributed by atoms with E-state index >= 15 is 0 Å². The van der Waals surface area contributed by atoms with Gasteiger partial charge in [0.05, 0.1) is 5.56 Å². The number of hydrogen-bond donors (Lipinski definition) is 0. The summed E-state index contributed by atoms with van der Waals surface area (Å²) in [7, 11) is 0. The van der Waals surface area contributed by atoms with Gasteiger partial charge in [-0.2, -0.15) is 0 Å². The molecule has 0 aromatic heterocycles. The zero-order valence-corrected chi connectivity index (χ0v) is 14.7. The summed E-state index contributed by atoms with van der Waals surface area (Å²) in [5, 5.41) is 0. The summed E-state index contributed by atoms with van der Waals surface area (Å²) in [6, 6.07) is 5.70. The fraction of sp³-hybridized carbons (Fsp3) is 0.588. The molecule has 0 N–H and O–H groups in total. The molecule has 1 aliphatic rings. The Balaban J connectivity index is 0.000000347. The van der Waals surface area contributed by atoms with E-state index < -0.39 is 5.60 Å². The Morgan fingerprint density at radius 2 is 1.75 bits per heavy atom. The van der Waals surface area contributed by atoms with Crippen LogP contribution in [0.2, 0.25) is 0 Å². The number of cyclic esters (lactones) is 1. The van der Waals surface area contributed by atoms with E-state index in [9.17, 15) is 4.79 Å². The molecule has 0 saturated heterocycles.